The van der Waals surface area contributed by atoms with E-state index in [2.05, 4.69) is 5.32 Å². The van der Waals surface area contributed by atoms with Crippen molar-refractivity contribution in [2.45, 2.75) is 79.6 Å². The van der Waals surface area contributed by atoms with Crippen LogP contribution in [0.15, 0.2) is 89.2 Å². The number of carbonyl (C=O) groups is 5. The number of amides is 1. The van der Waals surface area contributed by atoms with Crippen molar-refractivity contribution in [1.29, 1.82) is 0 Å². The molecule has 0 radical (unpaired) electrons. The van der Waals surface area contributed by atoms with Crippen LogP contribution in [-0.4, -0.2) is 67.8 Å². The SMILES string of the molecule is C/C1=C/C[C@H](O)/C=C\[C@H](C)[C@H](O)[C@@H](C)/C=C(\C)C(=O)c2c(O)c(C)cc3c2C(=O)C=C(NC(=O)\C(C)=C/C=C/C=C/[C@H](C)[C@@H](O)CC1=O)C3=O. The van der Waals surface area contributed by atoms with Crippen molar-refractivity contribution in [3.05, 3.63) is 111 Å². The minimum atomic E-state index is -0.987. The van der Waals surface area contributed by atoms with Crippen LogP contribution in [-0.2, 0) is 9.59 Å². The lowest BCUT2D eigenvalue weighted by molar-refractivity contribution is -0.118. The average Bonchev–Trinajstić information content (AvgIpc) is 3.07. The summed E-state index contributed by atoms with van der Waals surface area (Å²) in [4.78, 5) is 66.3. The molecule has 266 valence electrons. The number of aliphatic hydroxyl groups is 3. The molecule has 1 aromatic carbocycles. The highest BCUT2D eigenvalue weighted by molar-refractivity contribution is 6.30. The van der Waals surface area contributed by atoms with Gasteiger partial charge in [0.15, 0.2) is 17.3 Å². The van der Waals surface area contributed by atoms with Crippen LogP contribution in [0.25, 0.3) is 0 Å². The Kier molecular flexibility index (Phi) is 13.7. The van der Waals surface area contributed by atoms with E-state index in [0.29, 0.717) is 5.57 Å². The number of rotatable bonds is 0. The molecule has 4 bridgehead atoms. The second kappa shape index (κ2) is 17.2. The highest BCUT2D eigenvalue weighted by Gasteiger charge is 2.34. The summed E-state index contributed by atoms with van der Waals surface area (Å²) < 4.78 is 0. The van der Waals surface area contributed by atoms with Crippen LogP contribution in [0, 0.1) is 24.7 Å². The first-order valence-electron chi connectivity index (χ1n) is 16.6. The number of carbonyl (C=O) groups excluding carboxylic acids is 5. The van der Waals surface area contributed by atoms with Crippen LogP contribution in [0.2, 0.25) is 0 Å². The van der Waals surface area contributed by atoms with Gasteiger partial charge in [0.05, 0.1) is 29.6 Å². The van der Waals surface area contributed by atoms with E-state index in [1.807, 2.05) is 0 Å². The predicted octanol–water partition coefficient (Wildman–Crippen LogP) is 5.12. The van der Waals surface area contributed by atoms with E-state index in [4.69, 9.17) is 0 Å². The number of ketones is 4. The number of aliphatic hydroxyl groups excluding tert-OH is 3. The summed E-state index contributed by atoms with van der Waals surface area (Å²) in [5.41, 5.74) is -0.106. The van der Waals surface area contributed by atoms with Gasteiger partial charge in [0.25, 0.3) is 5.91 Å². The van der Waals surface area contributed by atoms with Gasteiger partial charge in [-0.25, -0.2) is 0 Å². The number of nitrogens with one attached hydrogen (secondary N) is 1. The molecule has 0 saturated heterocycles. The topological polar surface area (TPSA) is 178 Å². The molecule has 1 aromatic rings. The summed E-state index contributed by atoms with van der Waals surface area (Å²) in [5.74, 6) is -4.91. The number of phenols is 1. The van der Waals surface area contributed by atoms with E-state index in [9.17, 15) is 44.4 Å². The van der Waals surface area contributed by atoms with Gasteiger partial charge in [0, 0.05) is 47.0 Å². The second-order valence-corrected chi connectivity index (χ2v) is 13.2. The average molecular weight is 686 g/mol. The van der Waals surface area contributed by atoms with Crippen molar-refractivity contribution < 1.29 is 44.4 Å². The molecule has 1 amide bonds. The highest BCUT2D eigenvalue weighted by atomic mass is 16.3. The van der Waals surface area contributed by atoms with E-state index < -0.39 is 59.2 Å². The fraction of sp³-hybridized carbons (Fsp3) is 0.375. The molecule has 2 aliphatic heterocycles. The molecule has 6 atom stereocenters. The van der Waals surface area contributed by atoms with Crippen molar-refractivity contribution in [3.63, 3.8) is 0 Å². The number of Topliss-reactive ketones (excluding diaryl/α,β-unsaturated/α-hetero) is 3. The first-order valence-corrected chi connectivity index (χ1v) is 16.6. The third-order valence-electron chi connectivity index (χ3n) is 9.01. The number of hydrogen-bond donors (Lipinski definition) is 5. The van der Waals surface area contributed by atoms with Crippen molar-refractivity contribution in [1.82, 2.24) is 5.32 Å². The van der Waals surface area contributed by atoms with Crippen molar-refractivity contribution in [3.8, 4) is 5.75 Å². The molecule has 0 aromatic heterocycles. The second-order valence-electron chi connectivity index (χ2n) is 13.2. The maximum atomic E-state index is 13.7. The number of allylic oxidation sites excluding steroid dienone is 8. The zero-order valence-corrected chi connectivity index (χ0v) is 29.6. The summed E-state index contributed by atoms with van der Waals surface area (Å²) in [6, 6.07) is 1.30. The van der Waals surface area contributed by atoms with Crippen molar-refractivity contribution in [2.24, 2.45) is 17.8 Å². The number of fused-ring (bicyclic) bond motifs is 18. The molecule has 50 heavy (non-hydrogen) atoms. The third kappa shape index (κ3) is 9.68. The molecule has 0 spiro atoms. The molecule has 4 rings (SSSR count). The fourth-order valence-corrected chi connectivity index (χ4v) is 5.59. The van der Waals surface area contributed by atoms with Gasteiger partial charge in [-0.3, -0.25) is 24.0 Å². The lowest BCUT2D eigenvalue weighted by atomic mass is 9.83. The van der Waals surface area contributed by atoms with Crippen LogP contribution < -0.4 is 5.32 Å². The number of phenolic OH excluding ortho intramolecular Hbond substituents is 1. The van der Waals surface area contributed by atoms with Crippen LogP contribution in [0.1, 0.15) is 91.0 Å². The van der Waals surface area contributed by atoms with Gasteiger partial charge in [-0.15, -0.1) is 0 Å². The quantitative estimate of drug-likeness (QED) is 0.232. The normalized spacial score (nSPS) is 31.8. The molecule has 2 heterocycles. The minimum absolute atomic E-state index is 0.110. The highest BCUT2D eigenvalue weighted by Crippen LogP contribution is 2.35. The molecule has 3 aliphatic rings. The number of aryl methyl sites for hydroxylation is 1. The summed E-state index contributed by atoms with van der Waals surface area (Å²) in [6.45, 7) is 11.3. The summed E-state index contributed by atoms with van der Waals surface area (Å²) in [5, 5.41) is 45.5. The Bertz CT molecular complexity index is 1770. The van der Waals surface area contributed by atoms with Gasteiger partial charge in [-0.2, -0.15) is 0 Å². The maximum absolute atomic E-state index is 13.7. The standard InChI is InChI=1S/C40H47NO9/c1-21-11-9-8-10-12-24(4)40(50)41-30-19-33(45)34-29(39(30)49)18-27(7)38(48)35(34)37(47)26(6)17-25(5)36(46)23(3)14-16-28(42)15-13-22(2)32(44)20-31(21)43/h8-14,16-19,21,23,25,28,31,36,42-43,46,48H,15,20H2,1-7H3,(H,41,50)/b10-8+,11-9+,16-14-,22-13-,24-12-,26-17+/t21-,23-,25-,28-,31-,36-/m0/s1. The molecule has 10 heteroatoms. The lowest BCUT2D eigenvalue weighted by Gasteiger charge is -2.22. The molecule has 1 aliphatic carbocycles. The largest absolute Gasteiger partial charge is 0.507 e. The van der Waals surface area contributed by atoms with Crippen molar-refractivity contribution >= 4 is 29.0 Å². The van der Waals surface area contributed by atoms with Gasteiger partial charge in [-0.1, -0.05) is 75.5 Å². The summed E-state index contributed by atoms with van der Waals surface area (Å²) in [7, 11) is 0. The molecule has 0 saturated carbocycles. The van der Waals surface area contributed by atoms with Crippen LogP contribution >= 0.6 is 0 Å². The van der Waals surface area contributed by atoms with E-state index in [1.165, 1.54) is 45.1 Å². The zero-order chi connectivity index (χ0) is 37.4. The van der Waals surface area contributed by atoms with Crippen LogP contribution in [0.4, 0.5) is 0 Å². The predicted molar refractivity (Wildman–Crippen MR) is 191 cm³/mol. The number of hydrogen-bond acceptors (Lipinski definition) is 9. The molecule has 10 nitrogen and oxygen atoms in total. The van der Waals surface area contributed by atoms with Gasteiger partial charge in [-0.05, 0) is 56.9 Å². The van der Waals surface area contributed by atoms with Gasteiger partial charge < -0.3 is 25.7 Å². The maximum Gasteiger partial charge on any atom is 0.251 e. The van der Waals surface area contributed by atoms with Gasteiger partial charge >= 0.3 is 0 Å². The molecule has 5 N–H and O–H groups in total. The molecule has 0 unspecified atom stereocenters. The number of aromatic hydroxyl groups is 1. The lowest BCUT2D eigenvalue weighted by Crippen LogP contribution is -2.32. The first-order chi connectivity index (χ1) is 23.4. The van der Waals surface area contributed by atoms with E-state index >= 15 is 0 Å². The third-order valence-corrected chi connectivity index (χ3v) is 9.01. The summed E-state index contributed by atoms with van der Waals surface area (Å²) >= 11 is 0. The Morgan fingerprint density at radius 3 is 2.10 bits per heavy atom. The van der Waals surface area contributed by atoms with Gasteiger partial charge in [0.1, 0.15) is 5.75 Å². The monoisotopic (exact) mass is 685 g/mol. The zero-order valence-electron chi connectivity index (χ0n) is 29.6. The van der Waals surface area contributed by atoms with E-state index in [1.54, 1.807) is 64.2 Å². The smallest absolute Gasteiger partial charge is 0.251 e. The minimum Gasteiger partial charge on any atom is -0.507 e. The number of benzene rings is 1. The Morgan fingerprint density at radius 2 is 1.42 bits per heavy atom. The fourth-order valence-electron chi connectivity index (χ4n) is 5.59. The molecule has 0 fully saturated rings. The Morgan fingerprint density at radius 1 is 0.740 bits per heavy atom. The van der Waals surface area contributed by atoms with Crippen LogP contribution in [0.3, 0.4) is 0 Å². The Hall–Kier alpha value is -4.77. The molecular weight excluding hydrogens is 638 g/mol. The van der Waals surface area contributed by atoms with Gasteiger partial charge in [0.2, 0.25) is 5.78 Å². The summed E-state index contributed by atoms with van der Waals surface area (Å²) in [6.07, 6.45) is 12.4. The Labute approximate surface area is 293 Å². The first kappa shape index (κ1) is 39.7. The van der Waals surface area contributed by atoms with E-state index in [-0.39, 0.29) is 63.6 Å². The van der Waals surface area contributed by atoms with Crippen LogP contribution in [0.5, 0.6) is 5.75 Å². The molecular formula is C40H47NO9. The van der Waals surface area contributed by atoms with Crippen molar-refractivity contribution in [2.75, 3.05) is 0 Å². The van der Waals surface area contributed by atoms with E-state index in [0.717, 1.165) is 6.08 Å². The Balaban J connectivity index is 2.04.